The van der Waals surface area contributed by atoms with E-state index < -0.39 is 12.1 Å². The van der Waals surface area contributed by atoms with Gasteiger partial charge >= 0.3 is 6.18 Å². The van der Waals surface area contributed by atoms with Crippen molar-refractivity contribution in [3.63, 3.8) is 0 Å². The number of halogens is 3. The van der Waals surface area contributed by atoms with Crippen LogP contribution in [0, 0.1) is 11.8 Å². The summed E-state index contributed by atoms with van der Waals surface area (Å²) in [5, 5.41) is 3.15. The zero-order valence-corrected chi connectivity index (χ0v) is 10.6. The molecule has 1 saturated carbocycles. The van der Waals surface area contributed by atoms with Gasteiger partial charge in [0.05, 0.1) is 5.92 Å². The van der Waals surface area contributed by atoms with Gasteiger partial charge < -0.3 is 5.32 Å². The largest absolute Gasteiger partial charge is 0.392 e. The first kappa shape index (κ1) is 14.6. The maximum atomic E-state index is 13.0. The summed E-state index contributed by atoms with van der Waals surface area (Å²) < 4.78 is 39.0. The Labute approximate surface area is 101 Å². The molecular formula is C13H22F3N. The Bertz CT molecular complexity index is 260. The number of alkyl halides is 3. The SMILES string of the molecule is C=C(C)C(NCC)C1CCCCC1C(F)(F)F. The van der Waals surface area contributed by atoms with E-state index in [1.165, 1.54) is 0 Å². The van der Waals surface area contributed by atoms with E-state index in [-0.39, 0.29) is 18.4 Å². The Morgan fingerprint density at radius 2 is 1.94 bits per heavy atom. The summed E-state index contributed by atoms with van der Waals surface area (Å²) >= 11 is 0. The Balaban J connectivity index is 2.85. The van der Waals surface area contributed by atoms with E-state index in [2.05, 4.69) is 11.9 Å². The molecule has 3 atom stereocenters. The molecule has 1 N–H and O–H groups in total. The average molecular weight is 249 g/mol. The van der Waals surface area contributed by atoms with Crippen LogP contribution >= 0.6 is 0 Å². The van der Waals surface area contributed by atoms with Gasteiger partial charge in [0.1, 0.15) is 0 Å². The minimum Gasteiger partial charge on any atom is -0.310 e. The molecule has 0 bridgehead atoms. The zero-order chi connectivity index (χ0) is 13.1. The van der Waals surface area contributed by atoms with Crippen LogP contribution in [0.5, 0.6) is 0 Å². The normalized spacial score (nSPS) is 27.8. The molecule has 1 nitrogen and oxygen atoms in total. The summed E-state index contributed by atoms with van der Waals surface area (Å²) in [5.74, 6) is -1.52. The van der Waals surface area contributed by atoms with Crippen LogP contribution in [0.25, 0.3) is 0 Å². The fourth-order valence-corrected chi connectivity index (χ4v) is 2.88. The lowest BCUT2D eigenvalue weighted by Crippen LogP contribution is -2.46. The molecule has 0 aromatic heterocycles. The minimum absolute atomic E-state index is 0.202. The van der Waals surface area contributed by atoms with Gasteiger partial charge in [0.25, 0.3) is 0 Å². The molecule has 0 spiro atoms. The Morgan fingerprint density at radius 3 is 2.41 bits per heavy atom. The summed E-state index contributed by atoms with van der Waals surface area (Å²) in [6.45, 7) is 8.25. The maximum Gasteiger partial charge on any atom is 0.392 e. The van der Waals surface area contributed by atoms with Crippen molar-refractivity contribution in [2.24, 2.45) is 11.8 Å². The number of nitrogens with one attached hydrogen (secondary N) is 1. The van der Waals surface area contributed by atoms with Crippen molar-refractivity contribution in [1.29, 1.82) is 0 Å². The molecule has 4 heteroatoms. The first-order chi connectivity index (χ1) is 7.88. The predicted molar refractivity (Wildman–Crippen MR) is 63.8 cm³/mol. The molecule has 0 amide bonds. The quantitative estimate of drug-likeness (QED) is 0.745. The molecule has 1 aliphatic carbocycles. The standard InChI is InChI=1S/C13H22F3N/c1-4-17-12(9(2)3)10-7-5-6-8-11(10)13(14,15)16/h10-12,17H,2,4-8H2,1,3H3. The smallest absolute Gasteiger partial charge is 0.310 e. The van der Waals surface area contributed by atoms with Crippen molar-refractivity contribution >= 4 is 0 Å². The first-order valence-electron chi connectivity index (χ1n) is 6.33. The highest BCUT2D eigenvalue weighted by Gasteiger charge is 2.47. The second-order valence-electron chi connectivity index (χ2n) is 4.98. The zero-order valence-electron chi connectivity index (χ0n) is 10.6. The third kappa shape index (κ3) is 3.73. The Morgan fingerprint density at radius 1 is 1.35 bits per heavy atom. The molecule has 0 aliphatic heterocycles. The van der Waals surface area contributed by atoms with Crippen LogP contribution in [-0.2, 0) is 0 Å². The van der Waals surface area contributed by atoms with Gasteiger partial charge in [-0.05, 0) is 32.2 Å². The summed E-state index contributed by atoms with van der Waals surface area (Å²) in [7, 11) is 0. The van der Waals surface area contributed by atoms with Crippen molar-refractivity contribution < 1.29 is 13.2 Å². The lowest BCUT2D eigenvalue weighted by Gasteiger charge is -2.38. The van der Waals surface area contributed by atoms with E-state index in [1.807, 2.05) is 13.8 Å². The average Bonchev–Trinajstić information content (AvgIpc) is 2.24. The van der Waals surface area contributed by atoms with Crippen LogP contribution in [0.3, 0.4) is 0 Å². The Kier molecular flexibility index (Phi) is 5.04. The molecule has 100 valence electrons. The van der Waals surface area contributed by atoms with E-state index >= 15 is 0 Å². The Hall–Kier alpha value is -0.510. The molecule has 0 radical (unpaired) electrons. The van der Waals surface area contributed by atoms with E-state index in [1.54, 1.807) is 0 Å². The molecule has 1 rings (SSSR count). The van der Waals surface area contributed by atoms with Gasteiger partial charge in [-0.1, -0.05) is 31.9 Å². The summed E-state index contributed by atoms with van der Waals surface area (Å²) in [6.07, 6.45) is -1.58. The van der Waals surface area contributed by atoms with Crippen LogP contribution in [0.15, 0.2) is 12.2 Å². The minimum atomic E-state index is -4.08. The molecular weight excluding hydrogens is 227 g/mol. The third-order valence-corrected chi connectivity index (χ3v) is 3.62. The topological polar surface area (TPSA) is 12.0 Å². The highest BCUT2D eigenvalue weighted by atomic mass is 19.4. The first-order valence-corrected chi connectivity index (χ1v) is 6.33. The molecule has 0 aromatic rings. The van der Waals surface area contributed by atoms with Crippen LogP contribution in [0.1, 0.15) is 39.5 Å². The predicted octanol–water partition coefficient (Wildman–Crippen LogP) is 3.91. The van der Waals surface area contributed by atoms with Gasteiger partial charge in [-0.2, -0.15) is 13.2 Å². The number of rotatable bonds is 4. The van der Waals surface area contributed by atoms with Gasteiger partial charge in [0, 0.05) is 6.04 Å². The van der Waals surface area contributed by atoms with Crippen molar-refractivity contribution in [3.05, 3.63) is 12.2 Å². The fraction of sp³-hybridized carbons (Fsp3) is 0.846. The van der Waals surface area contributed by atoms with Crippen molar-refractivity contribution in [2.75, 3.05) is 6.54 Å². The molecule has 3 unspecified atom stereocenters. The second-order valence-corrected chi connectivity index (χ2v) is 4.98. The lowest BCUT2D eigenvalue weighted by atomic mass is 9.73. The van der Waals surface area contributed by atoms with Crippen molar-refractivity contribution in [3.8, 4) is 0 Å². The summed E-state index contributed by atoms with van der Waals surface area (Å²) in [4.78, 5) is 0. The van der Waals surface area contributed by atoms with Crippen LogP contribution in [-0.4, -0.2) is 18.8 Å². The molecule has 1 aliphatic rings. The number of hydrogen-bond donors (Lipinski definition) is 1. The van der Waals surface area contributed by atoms with Gasteiger partial charge in [-0.15, -0.1) is 0 Å². The second kappa shape index (κ2) is 5.89. The van der Waals surface area contributed by atoms with Gasteiger partial charge in [0.2, 0.25) is 0 Å². The van der Waals surface area contributed by atoms with Gasteiger partial charge in [-0.3, -0.25) is 0 Å². The van der Waals surface area contributed by atoms with Crippen molar-refractivity contribution in [2.45, 2.75) is 51.7 Å². The summed E-state index contributed by atoms with van der Waals surface area (Å²) in [6, 6.07) is -0.202. The molecule has 17 heavy (non-hydrogen) atoms. The third-order valence-electron chi connectivity index (χ3n) is 3.62. The highest BCUT2D eigenvalue weighted by molar-refractivity contribution is 5.07. The fourth-order valence-electron chi connectivity index (χ4n) is 2.88. The van der Waals surface area contributed by atoms with E-state index in [9.17, 15) is 13.2 Å². The van der Waals surface area contributed by atoms with Crippen LogP contribution < -0.4 is 5.32 Å². The monoisotopic (exact) mass is 249 g/mol. The van der Waals surface area contributed by atoms with E-state index in [0.29, 0.717) is 19.4 Å². The van der Waals surface area contributed by atoms with E-state index in [0.717, 1.165) is 12.0 Å². The molecule has 0 aromatic carbocycles. The molecule has 0 heterocycles. The highest BCUT2D eigenvalue weighted by Crippen LogP contribution is 2.43. The molecule has 0 saturated heterocycles. The van der Waals surface area contributed by atoms with Crippen molar-refractivity contribution in [1.82, 2.24) is 5.32 Å². The van der Waals surface area contributed by atoms with Crippen LogP contribution in [0.4, 0.5) is 13.2 Å². The van der Waals surface area contributed by atoms with E-state index in [4.69, 9.17) is 0 Å². The maximum absolute atomic E-state index is 13.0. The number of hydrogen-bond acceptors (Lipinski definition) is 1. The van der Waals surface area contributed by atoms with Gasteiger partial charge in [0.15, 0.2) is 0 Å². The van der Waals surface area contributed by atoms with Gasteiger partial charge in [-0.25, -0.2) is 0 Å². The lowest BCUT2D eigenvalue weighted by molar-refractivity contribution is -0.198. The summed E-state index contributed by atoms with van der Waals surface area (Å²) in [5.41, 5.74) is 0.813. The van der Waals surface area contributed by atoms with Crippen LogP contribution in [0.2, 0.25) is 0 Å². The number of likely N-dealkylation sites (N-methyl/N-ethyl adjacent to an activating group) is 1. The molecule has 1 fully saturated rings.